The lowest BCUT2D eigenvalue weighted by molar-refractivity contribution is -0.143. The van der Waals surface area contributed by atoms with Crippen LogP contribution in [-0.2, 0) is 14.4 Å². The molecule has 0 aliphatic rings. The fourth-order valence-electron chi connectivity index (χ4n) is 3.87. The fourth-order valence-corrected chi connectivity index (χ4v) is 3.87. The highest BCUT2D eigenvalue weighted by atomic mass is 16.4. The van der Waals surface area contributed by atoms with E-state index in [0.29, 0.717) is 13.1 Å². The predicted octanol–water partition coefficient (Wildman–Crippen LogP) is 4.33. The van der Waals surface area contributed by atoms with E-state index in [1.807, 2.05) is 0 Å². The van der Waals surface area contributed by atoms with E-state index in [2.05, 4.69) is 6.92 Å². The second-order valence-corrected chi connectivity index (χ2v) is 8.76. The molecule has 0 aliphatic heterocycles. The zero-order valence-corrected chi connectivity index (χ0v) is 20.1. The molecule has 0 saturated carbocycles. The highest BCUT2D eigenvalue weighted by Crippen LogP contribution is 2.13. The van der Waals surface area contributed by atoms with Gasteiger partial charge in [-0.25, -0.2) is 0 Å². The van der Waals surface area contributed by atoms with Crippen molar-refractivity contribution >= 4 is 17.9 Å². The number of hydrogen-bond acceptors (Lipinski definition) is 5. The van der Waals surface area contributed by atoms with E-state index in [1.165, 1.54) is 75.5 Å². The number of carboxylic acids is 3. The summed E-state index contributed by atoms with van der Waals surface area (Å²) in [4.78, 5) is 36.0. The Morgan fingerprint density at radius 2 is 0.781 bits per heavy atom. The third-order valence-corrected chi connectivity index (χ3v) is 5.64. The van der Waals surface area contributed by atoms with Gasteiger partial charge in [0.1, 0.15) is 0 Å². The summed E-state index contributed by atoms with van der Waals surface area (Å²) in [6, 6.07) is 0. The van der Waals surface area contributed by atoms with E-state index in [4.69, 9.17) is 15.3 Å². The van der Waals surface area contributed by atoms with Crippen LogP contribution in [0.3, 0.4) is 0 Å². The standard InChI is InChI=1S/C24H46N2O6/c1-2-3-4-5-6-7-8-9-10-11-12-13-14-15-16-25(19-22(27)28)17-18-26(20-23(29)30)21-24(31)32/h2-21H2,1H3,(H,27,28)(H,29,30)(H,31,32). The Morgan fingerprint density at radius 3 is 1.16 bits per heavy atom. The summed E-state index contributed by atoms with van der Waals surface area (Å²) in [6.45, 7) is 2.56. The maximum absolute atomic E-state index is 11.1. The number of nitrogens with zero attached hydrogens (tertiary/aromatic N) is 2. The Bertz CT molecular complexity index is 485. The average molecular weight is 459 g/mol. The molecule has 32 heavy (non-hydrogen) atoms. The second kappa shape index (κ2) is 21.2. The number of carboxylic acid groups (broad SMARTS) is 3. The van der Waals surface area contributed by atoms with E-state index in [0.717, 1.165) is 19.3 Å². The predicted molar refractivity (Wildman–Crippen MR) is 126 cm³/mol. The molecule has 0 bridgehead atoms. The van der Waals surface area contributed by atoms with E-state index in [9.17, 15) is 14.4 Å². The minimum Gasteiger partial charge on any atom is -0.480 e. The van der Waals surface area contributed by atoms with Gasteiger partial charge in [-0.1, -0.05) is 90.4 Å². The molecule has 0 aromatic rings. The Morgan fingerprint density at radius 1 is 0.469 bits per heavy atom. The summed E-state index contributed by atoms with van der Waals surface area (Å²) >= 11 is 0. The first-order chi connectivity index (χ1) is 15.3. The van der Waals surface area contributed by atoms with Gasteiger partial charge in [-0.15, -0.1) is 0 Å². The first-order valence-electron chi connectivity index (χ1n) is 12.4. The smallest absolute Gasteiger partial charge is 0.317 e. The van der Waals surface area contributed by atoms with Crippen molar-refractivity contribution in [3.05, 3.63) is 0 Å². The lowest BCUT2D eigenvalue weighted by Crippen LogP contribution is -2.42. The van der Waals surface area contributed by atoms with Gasteiger partial charge in [0.2, 0.25) is 0 Å². The summed E-state index contributed by atoms with van der Waals surface area (Å²) < 4.78 is 0. The van der Waals surface area contributed by atoms with E-state index < -0.39 is 17.9 Å². The van der Waals surface area contributed by atoms with Gasteiger partial charge in [0.15, 0.2) is 0 Å². The van der Waals surface area contributed by atoms with E-state index in [1.54, 1.807) is 4.90 Å². The molecular weight excluding hydrogens is 412 g/mol. The third kappa shape index (κ3) is 21.6. The fraction of sp³-hybridized carbons (Fsp3) is 0.875. The molecule has 0 saturated heterocycles. The maximum atomic E-state index is 11.1. The highest BCUT2D eigenvalue weighted by Gasteiger charge is 2.16. The van der Waals surface area contributed by atoms with Crippen LogP contribution in [0.25, 0.3) is 0 Å². The van der Waals surface area contributed by atoms with Crippen molar-refractivity contribution in [2.24, 2.45) is 0 Å². The molecule has 0 heterocycles. The van der Waals surface area contributed by atoms with Crippen molar-refractivity contribution in [1.29, 1.82) is 0 Å². The summed E-state index contributed by atoms with van der Waals surface area (Å²) in [5.41, 5.74) is 0. The number of aliphatic carboxylic acids is 3. The molecule has 0 atom stereocenters. The van der Waals surface area contributed by atoms with Gasteiger partial charge in [-0.2, -0.15) is 0 Å². The Kier molecular flexibility index (Phi) is 20.1. The Labute approximate surface area is 194 Å². The summed E-state index contributed by atoms with van der Waals surface area (Å²) in [7, 11) is 0. The largest absolute Gasteiger partial charge is 0.480 e. The molecule has 188 valence electrons. The van der Waals surface area contributed by atoms with Gasteiger partial charge < -0.3 is 15.3 Å². The molecule has 0 fully saturated rings. The molecule has 8 heteroatoms. The number of carbonyl (C=O) groups is 3. The number of unbranched alkanes of at least 4 members (excludes halogenated alkanes) is 13. The van der Waals surface area contributed by atoms with Gasteiger partial charge >= 0.3 is 17.9 Å². The molecule has 0 aliphatic carbocycles. The SMILES string of the molecule is CCCCCCCCCCCCCCCCN(CCN(CC(=O)O)CC(=O)O)CC(=O)O. The molecule has 0 radical (unpaired) electrons. The molecule has 0 amide bonds. The Hall–Kier alpha value is -1.67. The first kappa shape index (κ1) is 30.3. The van der Waals surface area contributed by atoms with Crippen molar-refractivity contribution in [2.75, 3.05) is 39.3 Å². The average Bonchev–Trinajstić information content (AvgIpc) is 2.70. The van der Waals surface area contributed by atoms with Crippen LogP contribution in [0.2, 0.25) is 0 Å². The molecule has 0 spiro atoms. The lowest BCUT2D eigenvalue weighted by Gasteiger charge is -2.24. The molecule has 0 rings (SSSR count). The van der Waals surface area contributed by atoms with Crippen LogP contribution in [0.4, 0.5) is 0 Å². The van der Waals surface area contributed by atoms with Crippen molar-refractivity contribution < 1.29 is 29.7 Å². The van der Waals surface area contributed by atoms with Gasteiger partial charge in [0.05, 0.1) is 19.6 Å². The van der Waals surface area contributed by atoms with Crippen LogP contribution in [-0.4, -0.2) is 82.3 Å². The van der Waals surface area contributed by atoms with Crippen molar-refractivity contribution in [1.82, 2.24) is 9.80 Å². The van der Waals surface area contributed by atoms with Crippen LogP contribution in [0.15, 0.2) is 0 Å². The van der Waals surface area contributed by atoms with Crippen LogP contribution in [0, 0.1) is 0 Å². The van der Waals surface area contributed by atoms with E-state index >= 15 is 0 Å². The lowest BCUT2D eigenvalue weighted by atomic mass is 10.0. The molecule has 0 aromatic carbocycles. The summed E-state index contributed by atoms with van der Waals surface area (Å²) in [5.74, 6) is -3.12. The highest BCUT2D eigenvalue weighted by molar-refractivity contribution is 5.72. The maximum Gasteiger partial charge on any atom is 0.317 e. The summed E-state index contributed by atoms with van der Waals surface area (Å²) in [5, 5.41) is 26.9. The van der Waals surface area contributed by atoms with Crippen LogP contribution in [0.1, 0.15) is 96.8 Å². The second-order valence-electron chi connectivity index (χ2n) is 8.76. The first-order valence-corrected chi connectivity index (χ1v) is 12.4. The quantitative estimate of drug-likeness (QED) is 0.183. The molecule has 8 nitrogen and oxygen atoms in total. The summed E-state index contributed by atoms with van der Waals surface area (Å²) in [6.07, 6.45) is 17.7. The van der Waals surface area contributed by atoms with Gasteiger partial charge in [-0.05, 0) is 13.0 Å². The van der Waals surface area contributed by atoms with E-state index in [-0.39, 0.29) is 26.2 Å². The topological polar surface area (TPSA) is 118 Å². The van der Waals surface area contributed by atoms with Crippen molar-refractivity contribution in [3.8, 4) is 0 Å². The van der Waals surface area contributed by atoms with Crippen LogP contribution < -0.4 is 0 Å². The zero-order valence-electron chi connectivity index (χ0n) is 20.1. The van der Waals surface area contributed by atoms with Gasteiger partial charge in [0.25, 0.3) is 0 Å². The normalized spacial score (nSPS) is 11.3. The van der Waals surface area contributed by atoms with Gasteiger partial charge in [-0.3, -0.25) is 24.2 Å². The molecule has 0 unspecified atom stereocenters. The minimum atomic E-state index is -1.09. The minimum absolute atomic E-state index is 0.119. The van der Waals surface area contributed by atoms with Gasteiger partial charge in [0, 0.05) is 13.1 Å². The van der Waals surface area contributed by atoms with Crippen LogP contribution >= 0.6 is 0 Å². The number of rotatable bonds is 24. The Balaban J connectivity index is 3.87. The molecular formula is C24H46N2O6. The van der Waals surface area contributed by atoms with Crippen LogP contribution in [0.5, 0.6) is 0 Å². The van der Waals surface area contributed by atoms with Crippen molar-refractivity contribution in [2.45, 2.75) is 96.8 Å². The molecule has 3 N–H and O–H groups in total. The third-order valence-electron chi connectivity index (χ3n) is 5.64. The number of hydrogen-bond donors (Lipinski definition) is 3. The molecule has 0 aromatic heterocycles. The van der Waals surface area contributed by atoms with Crippen molar-refractivity contribution in [3.63, 3.8) is 0 Å². The monoisotopic (exact) mass is 458 g/mol. The zero-order chi connectivity index (χ0) is 24.0.